The number of urea groups is 1. The van der Waals surface area contributed by atoms with Crippen LogP contribution < -0.4 is 36.1 Å². The van der Waals surface area contributed by atoms with E-state index in [1.165, 1.54) is 97.1 Å². The Labute approximate surface area is 476 Å². The molecule has 29 nitrogen and oxygen atoms in total. The zero-order valence-electron chi connectivity index (χ0n) is 41.2. The summed E-state index contributed by atoms with van der Waals surface area (Å²) in [5, 5.41) is 11.4. The summed E-state index contributed by atoms with van der Waals surface area (Å²) in [6, 6.07) is 24.7. The van der Waals surface area contributed by atoms with Crippen molar-refractivity contribution in [3.8, 4) is 5.75 Å². The molecule has 0 aliphatic heterocycles. The Morgan fingerprint density at radius 3 is 1.13 bits per heavy atom. The fourth-order valence-electron chi connectivity index (χ4n) is 8.07. The number of carbonyl (C=O) groups is 5. The second kappa shape index (κ2) is 23.3. The lowest BCUT2D eigenvalue weighted by Gasteiger charge is -2.20. The normalized spacial score (nSPS) is 12.4. The molecule has 35 heteroatoms. The van der Waals surface area contributed by atoms with Gasteiger partial charge in [0.05, 0.1) is 35.9 Å². The van der Waals surface area contributed by atoms with Gasteiger partial charge in [0.2, 0.25) is 0 Å². The maximum Gasteiger partial charge on any atom is 0.323 e. The number of nitrogens with one attached hydrogen (secondary N) is 6. The van der Waals surface area contributed by atoms with Crippen molar-refractivity contribution in [1.29, 1.82) is 0 Å². The van der Waals surface area contributed by atoms with Crippen LogP contribution in [0, 0.1) is 0 Å². The van der Waals surface area contributed by atoms with E-state index in [0.717, 1.165) is 12.1 Å². The monoisotopic (exact) mass is 1260 g/mol. The first-order chi connectivity index (χ1) is 39.1. The molecule has 8 aromatic carbocycles. The first-order valence-electron chi connectivity index (χ1n) is 22.7. The molecule has 1 unspecified atom stereocenters. The van der Waals surface area contributed by atoms with Gasteiger partial charge in [-0.25, -0.2) is 51.1 Å². The third-order valence-electron chi connectivity index (χ3n) is 11.6. The van der Waals surface area contributed by atoms with E-state index >= 15 is 0 Å². The molecule has 8 rings (SSSR count). The number of amides is 6. The second-order valence-corrected chi connectivity index (χ2v) is 24.5. The average molecular weight is 1260 g/mol. The third kappa shape index (κ3) is 14.2. The number of hydrogen-bond donors (Lipinski definition) is 6. The Morgan fingerprint density at radius 1 is 0.369 bits per heavy atom. The van der Waals surface area contributed by atoms with Gasteiger partial charge in [0.1, 0.15) is 67.7 Å². The van der Waals surface area contributed by atoms with Crippen molar-refractivity contribution in [3.63, 3.8) is 0 Å². The molecule has 6 N–H and O–H groups in total. The number of benzene rings is 8. The van der Waals surface area contributed by atoms with E-state index in [9.17, 15) is 97.6 Å². The van der Waals surface area contributed by atoms with Gasteiger partial charge in [0.25, 0.3) is 23.6 Å². The Kier molecular flexibility index (Phi) is 16.9. The molecule has 8 aromatic rings. The summed E-state index contributed by atoms with van der Waals surface area (Å²) in [5.74, 6) is -4.24. The summed E-state index contributed by atoms with van der Waals surface area (Å²) in [6.45, 7) is 0. The highest BCUT2D eigenvalue weighted by Gasteiger charge is 2.24. The number of rotatable bonds is 17. The van der Waals surface area contributed by atoms with Crippen LogP contribution >= 0.6 is 0 Å². The van der Waals surface area contributed by atoms with Gasteiger partial charge in [-0.15, -0.1) is 0 Å². The topological polar surface area (TPSA) is 493 Å². The predicted octanol–water partition coefficient (Wildman–Crippen LogP) is 4.34. The lowest BCUT2D eigenvalue weighted by Crippen LogP contribution is -2.20. The van der Waals surface area contributed by atoms with Crippen LogP contribution in [-0.2, 0) is 62.0 Å². The van der Waals surface area contributed by atoms with Crippen LogP contribution in [0.4, 0.5) is 38.9 Å². The summed E-state index contributed by atoms with van der Waals surface area (Å²) in [6.07, 6.45) is 0. The summed E-state index contributed by atoms with van der Waals surface area (Å²) in [7, 11) is -27.7. The largest absolute Gasteiger partial charge is 0.744 e. The molecule has 0 heterocycles. The zero-order valence-corrected chi connectivity index (χ0v) is 46.1. The van der Waals surface area contributed by atoms with Gasteiger partial charge in [0.15, 0.2) is 0 Å². The van der Waals surface area contributed by atoms with Crippen LogP contribution in [0.2, 0.25) is 0 Å². The highest BCUT2D eigenvalue weighted by molar-refractivity contribution is 7.87. The van der Waals surface area contributed by atoms with Crippen molar-refractivity contribution in [2.45, 2.75) is 24.5 Å². The van der Waals surface area contributed by atoms with Crippen LogP contribution in [0.3, 0.4) is 0 Å². The standard InChI is InChI=1S/C49H36N6O23S6/c56-45(54-37-15-17-39(81(66,67)68)35-21-33(78-79(61)62)22-41(43(35)37)83(72,73)74)25-7-11-29(12-8-25)50-47(58)27-3-1-5-31(19-27)52-49(60)53-32-6-2-4-28(20-32)48(59)51-30-13-9-26(10-14-30)46(57)55-38-16-18-40(82(69,70)71)36-23-34(80(63,64)65)24-42(44(36)38)84(75,76)77/h1-24H,(H,50,58)(H,51,59)(H,54,56)(H,55,57)(H,61,62)(H2,52,53,60)(H,63,64,65)(H,66,67,68)(H,69,70,71)(H,72,73,74)(H,75,76,77)/p-6. The minimum absolute atomic E-state index is 0.0190. The van der Waals surface area contributed by atoms with Crippen molar-refractivity contribution in [2.24, 2.45) is 0 Å². The average Bonchev–Trinajstić information content (AvgIpc) is 2.18. The Hall–Kier alpha value is -9.11. The Bertz CT molecular complexity index is 4740. The van der Waals surface area contributed by atoms with Crippen LogP contribution in [0.5, 0.6) is 5.75 Å². The number of anilines is 6. The summed E-state index contributed by atoms with van der Waals surface area (Å²) in [4.78, 5) is 60.0. The van der Waals surface area contributed by atoms with E-state index < -0.39 is 155 Å². The molecular weight excluding hydrogens is 1230 g/mol. The van der Waals surface area contributed by atoms with Gasteiger partial charge >= 0.3 is 6.03 Å². The van der Waals surface area contributed by atoms with Gasteiger partial charge in [-0.1, -0.05) is 12.1 Å². The minimum Gasteiger partial charge on any atom is -0.744 e. The number of carbonyl (C=O) groups excluding carboxylic acids is 5. The molecule has 84 heavy (non-hydrogen) atoms. The van der Waals surface area contributed by atoms with Gasteiger partial charge in [-0.2, -0.15) is 0 Å². The summed E-state index contributed by atoms with van der Waals surface area (Å²) < 4.78 is 208. The molecule has 0 spiro atoms. The van der Waals surface area contributed by atoms with Crippen molar-refractivity contribution < 1.29 is 102 Å². The second-order valence-electron chi connectivity index (χ2n) is 17.2. The van der Waals surface area contributed by atoms with E-state index in [4.69, 9.17) is 0 Å². The van der Waals surface area contributed by atoms with Gasteiger partial charge in [-0.3, -0.25) is 19.2 Å². The Balaban J connectivity index is 0.886. The van der Waals surface area contributed by atoms with Gasteiger partial charge in [0, 0.05) is 72.6 Å². The van der Waals surface area contributed by atoms with E-state index in [1.807, 2.05) is 0 Å². The summed E-state index contributed by atoms with van der Waals surface area (Å²) >= 11 is -3.34. The molecule has 0 aromatic heterocycles. The van der Waals surface area contributed by atoms with Gasteiger partial charge < -0.3 is 63.4 Å². The summed E-state index contributed by atoms with van der Waals surface area (Å²) in [5.41, 5.74) is -0.830. The zero-order chi connectivity index (χ0) is 61.4. The highest BCUT2D eigenvalue weighted by atomic mass is 32.2. The molecule has 0 aliphatic rings. The Morgan fingerprint density at radius 2 is 0.750 bits per heavy atom. The van der Waals surface area contributed by atoms with E-state index in [0.29, 0.717) is 30.3 Å². The van der Waals surface area contributed by atoms with Crippen molar-refractivity contribution in [2.75, 3.05) is 31.9 Å². The smallest absolute Gasteiger partial charge is 0.323 e. The molecule has 0 bridgehead atoms. The van der Waals surface area contributed by atoms with Gasteiger partial charge in [-0.05, 0) is 127 Å². The third-order valence-corrected chi connectivity index (χ3v) is 16.3. The maximum atomic E-state index is 13.4. The maximum absolute atomic E-state index is 13.4. The molecule has 436 valence electrons. The lowest BCUT2D eigenvalue weighted by molar-refractivity contribution is 0.101. The van der Waals surface area contributed by atoms with Crippen LogP contribution in [0.25, 0.3) is 21.5 Å². The molecule has 0 saturated carbocycles. The predicted molar refractivity (Wildman–Crippen MR) is 287 cm³/mol. The highest BCUT2D eigenvalue weighted by Crippen LogP contribution is 2.40. The van der Waals surface area contributed by atoms with Crippen molar-refractivity contribution in [3.05, 3.63) is 168 Å². The SMILES string of the molecule is O=C(Nc1cccc(C(=O)Nc2ccc(C(=O)Nc3ccc(S(=O)(=O)[O-])c4cc(OS(=O)[O-])cc(S(=O)(=O)[O-])c34)cc2)c1)Nc1cccc(C(=O)Nc2ccc(C(=O)Nc3ccc(S(=O)(=O)[O-])c4cc(S(=O)(=O)[O-])cc(S(=O)(=O)[O-])c34)cc2)c1. The van der Waals surface area contributed by atoms with Crippen molar-refractivity contribution in [1.82, 2.24) is 0 Å². The first kappa shape index (κ1) is 61.0. The molecule has 0 saturated heterocycles. The molecular formula is C49H30N6O23S6-6. The van der Waals surface area contributed by atoms with E-state index in [2.05, 4.69) is 36.1 Å². The number of fused-ring (bicyclic) bond motifs is 2. The fourth-order valence-corrected chi connectivity index (χ4v) is 11.7. The quantitative estimate of drug-likeness (QED) is 0.0545. The lowest BCUT2D eigenvalue weighted by atomic mass is 10.1. The minimum atomic E-state index is -5.71. The van der Waals surface area contributed by atoms with E-state index in [-0.39, 0.29) is 51.1 Å². The van der Waals surface area contributed by atoms with Crippen LogP contribution in [-0.4, -0.2) is 103 Å². The van der Waals surface area contributed by atoms with Crippen molar-refractivity contribution >= 4 is 147 Å². The molecule has 0 aliphatic carbocycles. The van der Waals surface area contributed by atoms with E-state index in [1.54, 1.807) is 0 Å². The first-order valence-corrected chi connectivity index (χ1v) is 30.7. The van der Waals surface area contributed by atoms with Crippen LogP contribution in [0.1, 0.15) is 41.4 Å². The fraction of sp³-hybridized carbons (Fsp3) is 0. The molecule has 6 amide bonds. The molecule has 0 fully saturated rings. The number of hydrogen-bond acceptors (Lipinski definition) is 23. The molecule has 1 atom stereocenters. The van der Waals surface area contributed by atoms with Crippen LogP contribution in [0.15, 0.2) is 170 Å². The molecule has 0 radical (unpaired) electrons.